The Morgan fingerprint density at radius 1 is 0.474 bits per heavy atom. The first-order valence-electron chi connectivity index (χ1n) is 6.00. The van der Waals surface area contributed by atoms with E-state index in [1.54, 1.807) is 0 Å². The largest absolute Gasteiger partial charge is 0.394 e. The van der Waals surface area contributed by atoms with Crippen molar-refractivity contribution in [2.75, 3.05) is 0 Å². The fourth-order valence-electron chi connectivity index (χ4n) is 0. The Bertz CT molecular complexity index is 74.5. The Balaban J connectivity index is -0.00000000747. The third-order valence-electron chi connectivity index (χ3n) is 0.222. The standard InChI is InChI=1S/2C4H4.4C2H6.FH.2Y.H2/c2*1-3-4-2;4*1-2;;;;/h2*1-4H;4*1-2H3;1H;;;1H/q2*-2;;;;;;;;/i;;;;;;;;;1+1. The molecule has 0 aliphatic carbocycles. The summed E-state index contributed by atoms with van der Waals surface area (Å²) in [7, 11) is 0. The van der Waals surface area contributed by atoms with Crippen molar-refractivity contribution in [3.63, 3.8) is 0 Å². The summed E-state index contributed by atoms with van der Waals surface area (Å²) in [5.41, 5.74) is 0. The van der Waals surface area contributed by atoms with Gasteiger partial charge in [0.2, 0.25) is 0 Å². The molecule has 0 amide bonds. The van der Waals surface area contributed by atoms with Crippen molar-refractivity contribution in [1.29, 1.82) is 0 Å². The predicted molar refractivity (Wildman–Crippen MR) is 85.5 cm³/mol. The average Bonchev–Trinajstić information content (AvgIpc) is 2.47. The topological polar surface area (TPSA) is 0 Å². The number of hydrogen-bond donors (Lipinski definition) is 0. The molecule has 116 valence electrons. The second kappa shape index (κ2) is 241. The molecule has 0 spiro atoms. The summed E-state index contributed by atoms with van der Waals surface area (Å²) in [5.74, 6) is 0. The van der Waals surface area contributed by atoms with Crippen LogP contribution in [0.4, 0.5) is 4.70 Å². The van der Waals surface area contributed by atoms with Gasteiger partial charge in [-0.25, -0.2) is 0 Å². The first kappa shape index (κ1) is 59.5. The maximum Gasteiger partial charge on any atom is 0 e. The van der Waals surface area contributed by atoms with Gasteiger partial charge in [0.15, 0.2) is 0 Å². The molecule has 0 aromatic rings. The molecule has 0 heterocycles. The molecular formula is C16H35FY2-4. The van der Waals surface area contributed by atoms with E-state index in [1.165, 1.54) is 24.3 Å². The van der Waals surface area contributed by atoms with E-state index in [9.17, 15) is 0 Å². The summed E-state index contributed by atoms with van der Waals surface area (Å²) < 4.78 is 0. The molecule has 0 nitrogen and oxygen atoms in total. The zero-order valence-electron chi connectivity index (χ0n) is 14.2. The molecule has 0 aromatic carbocycles. The van der Waals surface area contributed by atoms with E-state index >= 15 is 0 Å². The van der Waals surface area contributed by atoms with Crippen LogP contribution in [0.25, 0.3) is 0 Å². The molecule has 0 saturated carbocycles. The van der Waals surface area contributed by atoms with E-state index in [2.05, 4.69) is 0 Å². The first-order chi connectivity index (χ1) is 7.83. The Kier molecular flexibility index (Phi) is 754. The van der Waals surface area contributed by atoms with Gasteiger partial charge in [-0.1, -0.05) is 55.4 Å². The van der Waals surface area contributed by atoms with Gasteiger partial charge in [0.05, 0.1) is 0 Å². The smallest absolute Gasteiger partial charge is 0 e. The second-order valence-electron chi connectivity index (χ2n) is 0.770. The van der Waals surface area contributed by atoms with Crippen LogP contribution in [0.2, 0.25) is 0 Å². The molecule has 0 rings (SSSR count). The second-order valence-corrected chi connectivity index (χ2v) is 0.770. The molecule has 0 fully saturated rings. The Hall–Kier alpha value is 1.10. The van der Waals surface area contributed by atoms with Crippen molar-refractivity contribution in [3.05, 3.63) is 50.6 Å². The van der Waals surface area contributed by atoms with Crippen molar-refractivity contribution in [2.45, 2.75) is 55.4 Å². The van der Waals surface area contributed by atoms with Crippen LogP contribution in [0.15, 0.2) is 24.3 Å². The summed E-state index contributed by atoms with van der Waals surface area (Å²) in [6.45, 7) is 34.9. The summed E-state index contributed by atoms with van der Waals surface area (Å²) in [4.78, 5) is 0. The molecule has 0 N–H and O–H groups in total. The van der Waals surface area contributed by atoms with Gasteiger partial charge in [-0.15, -0.1) is 0 Å². The van der Waals surface area contributed by atoms with Crippen molar-refractivity contribution in [1.82, 2.24) is 0 Å². The van der Waals surface area contributed by atoms with Gasteiger partial charge in [0.1, 0.15) is 0 Å². The van der Waals surface area contributed by atoms with Crippen LogP contribution in [-0.4, -0.2) is 0 Å². The molecule has 0 atom stereocenters. The number of rotatable bonds is 2. The van der Waals surface area contributed by atoms with Gasteiger partial charge in [0.25, 0.3) is 0 Å². The number of halogens is 1. The molecule has 2 radical (unpaired) electrons. The molecular weight excluding hydrogens is 389 g/mol. The maximum atomic E-state index is 4.72. The number of hydrogen-bond acceptors (Lipinski definition) is 0. The third kappa shape index (κ3) is 582. The van der Waals surface area contributed by atoms with Gasteiger partial charge in [-0.2, -0.15) is 0 Å². The summed E-state index contributed by atoms with van der Waals surface area (Å²) in [5, 5.41) is 0. The van der Waals surface area contributed by atoms with Gasteiger partial charge in [-0.3, -0.25) is 4.70 Å². The Labute approximate surface area is 175 Å². The zero-order valence-corrected chi connectivity index (χ0v) is 19.9. The minimum Gasteiger partial charge on any atom is -0.394 e. The molecule has 3 heteroatoms. The van der Waals surface area contributed by atoms with E-state index < -0.39 is 0 Å². The molecule has 19 heavy (non-hydrogen) atoms. The van der Waals surface area contributed by atoms with Crippen LogP contribution < -0.4 is 0 Å². The van der Waals surface area contributed by atoms with E-state index in [0.29, 0.717) is 0 Å². The third-order valence-corrected chi connectivity index (χ3v) is 0.222. The van der Waals surface area contributed by atoms with Gasteiger partial charge >= 0.3 is 0 Å². The SMILES string of the molecule is CC.CC.CC.CC.F.[2HH].[CH-]=CC=[CH-].[CH-]=CC=[CH-].[Y].[Y]. The Morgan fingerprint density at radius 3 is 0.526 bits per heavy atom. The quantitative estimate of drug-likeness (QED) is 0.354. The molecule has 0 unspecified atom stereocenters. The first-order valence-corrected chi connectivity index (χ1v) is 6.00. The van der Waals surface area contributed by atoms with Crippen LogP contribution in [-0.2, 0) is 65.4 Å². The van der Waals surface area contributed by atoms with Crippen LogP contribution in [0.3, 0.4) is 0 Å². The molecule has 0 aromatic heterocycles. The molecule has 0 aliphatic heterocycles. The minimum atomic E-state index is 0. The average molecular weight is 425 g/mol. The van der Waals surface area contributed by atoms with Crippen molar-refractivity contribution >= 4 is 0 Å². The monoisotopic (exact) mass is 425 g/mol. The molecule has 0 bridgehead atoms. The van der Waals surface area contributed by atoms with Crippen molar-refractivity contribution < 1.29 is 71.5 Å². The van der Waals surface area contributed by atoms with E-state index in [-0.39, 0.29) is 71.5 Å². The predicted octanol–water partition coefficient (Wildman–Crippen LogP) is 6.43. The van der Waals surface area contributed by atoms with E-state index in [0.717, 1.165) is 0 Å². The fraction of sp³-hybridized carbons (Fsp3) is 0.500. The van der Waals surface area contributed by atoms with Crippen LogP contribution in [0.5, 0.6) is 0 Å². The van der Waals surface area contributed by atoms with Gasteiger partial charge in [-0.05, 0) is 0 Å². The van der Waals surface area contributed by atoms with Crippen LogP contribution >= 0.6 is 0 Å². The summed E-state index contributed by atoms with van der Waals surface area (Å²) >= 11 is 0. The fourth-order valence-corrected chi connectivity index (χ4v) is 0. The number of allylic oxidation sites excluding steroid dienone is 4. The van der Waals surface area contributed by atoms with E-state index in [4.69, 9.17) is 26.3 Å². The van der Waals surface area contributed by atoms with Crippen LogP contribution in [0, 0.1) is 26.3 Å². The maximum absolute atomic E-state index is 4.72. The Morgan fingerprint density at radius 2 is 0.526 bits per heavy atom. The van der Waals surface area contributed by atoms with Gasteiger partial charge < -0.3 is 50.6 Å². The van der Waals surface area contributed by atoms with Crippen LogP contribution in [0.1, 0.15) is 56.8 Å². The van der Waals surface area contributed by atoms with Gasteiger partial charge in [0, 0.05) is 66.8 Å². The normalized spacial score (nSPS) is 3.37. The van der Waals surface area contributed by atoms with E-state index in [1.807, 2.05) is 55.4 Å². The summed E-state index contributed by atoms with van der Waals surface area (Å²) in [6.07, 6.45) is 5.11. The van der Waals surface area contributed by atoms with Crippen molar-refractivity contribution in [2.24, 2.45) is 0 Å². The molecule has 0 aliphatic rings. The minimum absolute atomic E-state index is 0. The zero-order chi connectivity index (χ0) is 14.8. The van der Waals surface area contributed by atoms with Crippen molar-refractivity contribution in [3.8, 4) is 0 Å². The molecule has 0 saturated heterocycles. The summed E-state index contributed by atoms with van der Waals surface area (Å²) in [6, 6.07) is 0.